The van der Waals surface area contributed by atoms with E-state index >= 15 is 0 Å². The highest BCUT2D eigenvalue weighted by Crippen LogP contribution is 2.33. The molecule has 0 spiro atoms. The number of nitrogens with zero attached hydrogens (tertiary/aromatic N) is 1. The summed E-state index contributed by atoms with van der Waals surface area (Å²) in [5, 5.41) is 1.89. The first-order valence-electron chi connectivity index (χ1n) is 8.21. The first kappa shape index (κ1) is 19.4. The standard InChI is InChI=1S/C19H15F4N3O2/c1-9(26(19(28)24-2)11-5-3-4-10(20)6-11)16-12-7-14(21)15(22)8-13(12)18(27)25-17(16)23/h3-9H,1-2H3,(H,24,28)(H,25,27)/t9-/m1/s1. The van der Waals surface area contributed by atoms with Crippen molar-refractivity contribution < 1.29 is 22.4 Å². The van der Waals surface area contributed by atoms with Crippen molar-refractivity contribution in [2.45, 2.75) is 13.0 Å². The fourth-order valence-electron chi connectivity index (χ4n) is 3.11. The first-order chi connectivity index (χ1) is 13.2. The Bertz CT molecular complexity index is 1130. The summed E-state index contributed by atoms with van der Waals surface area (Å²) in [5.74, 6) is -4.28. The van der Waals surface area contributed by atoms with Crippen LogP contribution in [-0.2, 0) is 0 Å². The zero-order chi connectivity index (χ0) is 20.6. The number of fused-ring (bicyclic) bond motifs is 1. The lowest BCUT2D eigenvalue weighted by molar-refractivity contribution is 0.246. The van der Waals surface area contributed by atoms with Crippen LogP contribution in [0.25, 0.3) is 10.8 Å². The maximum Gasteiger partial charge on any atom is 0.322 e. The molecule has 0 unspecified atom stereocenters. The molecule has 146 valence electrons. The van der Waals surface area contributed by atoms with Crippen LogP contribution in [0.3, 0.4) is 0 Å². The Kier molecular flexibility index (Phi) is 5.08. The zero-order valence-electron chi connectivity index (χ0n) is 14.8. The van der Waals surface area contributed by atoms with E-state index in [0.717, 1.165) is 11.0 Å². The molecule has 1 atom stereocenters. The number of halogens is 4. The summed E-state index contributed by atoms with van der Waals surface area (Å²) in [7, 11) is 1.33. The van der Waals surface area contributed by atoms with Crippen LogP contribution in [-0.4, -0.2) is 18.1 Å². The lowest BCUT2D eigenvalue weighted by atomic mass is 10.00. The summed E-state index contributed by atoms with van der Waals surface area (Å²) in [6.45, 7) is 1.41. The van der Waals surface area contributed by atoms with Gasteiger partial charge in [0.25, 0.3) is 5.56 Å². The van der Waals surface area contributed by atoms with E-state index in [1.807, 2.05) is 4.98 Å². The Morgan fingerprint density at radius 1 is 1.07 bits per heavy atom. The minimum Gasteiger partial charge on any atom is -0.341 e. The minimum absolute atomic E-state index is 0.105. The van der Waals surface area contributed by atoms with Crippen molar-refractivity contribution >= 4 is 22.5 Å². The van der Waals surface area contributed by atoms with Crippen molar-refractivity contribution in [1.29, 1.82) is 0 Å². The smallest absolute Gasteiger partial charge is 0.322 e. The molecule has 2 aromatic carbocycles. The number of benzene rings is 2. The Balaban J connectivity index is 2.28. The van der Waals surface area contributed by atoms with Crippen LogP contribution in [0.1, 0.15) is 18.5 Å². The highest BCUT2D eigenvalue weighted by atomic mass is 19.2. The van der Waals surface area contributed by atoms with Gasteiger partial charge in [0.15, 0.2) is 17.6 Å². The van der Waals surface area contributed by atoms with Gasteiger partial charge in [-0.25, -0.2) is 18.0 Å². The fraction of sp³-hybridized carbons (Fsp3) is 0.158. The van der Waals surface area contributed by atoms with E-state index in [0.29, 0.717) is 12.1 Å². The molecule has 2 amide bonds. The van der Waals surface area contributed by atoms with Gasteiger partial charge < -0.3 is 5.32 Å². The van der Waals surface area contributed by atoms with Gasteiger partial charge >= 0.3 is 6.03 Å². The largest absolute Gasteiger partial charge is 0.341 e. The van der Waals surface area contributed by atoms with Gasteiger partial charge in [-0.3, -0.25) is 14.7 Å². The summed E-state index contributed by atoms with van der Waals surface area (Å²) < 4.78 is 55.7. The lowest BCUT2D eigenvalue weighted by Gasteiger charge is -2.30. The maximum absolute atomic E-state index is 14.7. The summed E-state index contributed by atoms with van der Waals surface area (Å²) in [5.41, 5.74) is -1.09. The monoisotopic (exact) mass is 393 g/mol. The van der Waals surface area contributed by atoms with Crippen LogP contribution in [0, 0.1) is 23.4 Å². The van der Waals surface area contributed by atoms with E-state index in [-0.39, 0.29) is 22.0 Å². The molecule has 0 aliphatic heterocycles. The molecule has 0 aliphatic carbocycles. The Hall–Kier alpha value is -3.36. The normalized spacial score (nSPS) is 12.1. The minimum atomic E-state index is -1.27. The van der Waals surface area contributed by atoms with Crippen molar-refractivity contribution in [3.8, 4) is 0 Å². The quantitative estimate of drug-likeness (QED) is 0.522. The van der Waals surface area contributed by atoms with Crippen LogP contribution < -0.4 is 15.8 Å². The number of carbonyl (C=O) groups is 1. The SMILES string of the molecule is CNC(=O)N(c1cccc(F)c1)[C@H](C)c1c(F)[nH]c(=O)c2cc(F)c(F)cc12. The third-order valence-corrected chi connectivity index (χ3v) is 4.38. The highest BCUT2D eigenvalue weighted by Gasteiger charge is 2.28. The topological polar surface area (TPSA) is 65.2 Å². The van der Waals surface area contributed by atoms with Crippen LogP contribution in [0.5, 0.6) is 0 Å². The van der Waals surface area contributed by atoms with Gasteiger partial charge in [-0.15, -0.1) is 0 Å². The van der Waals surface area contributed by atoms with Gasteiger partial charge in [0.2, 0.25) is 0 Å². The summed E-state index contributed by atoms with van der Waals surface area (Å²) in [6, 6.07) is 4.59. The molecule has 0 radical (unpaired) electrons. The van der Waals surface area contributed by atoms with Gasteiger partial charge in [0.05, 0.1) is 11.4 Å². The Morgan fingerprint density at radius 2 is 1.71 bits per heavy atom. The molecule has 0 bridgehead atoms. The average molecular weight is 393 g/mol. The van der Waals surface area contributed by atoms with E-state index in [1.165, 1.54) is 32.2 Å². The van der Waals surface area contributed by atoms with Crippen molar-refractivity contribution in [3.63, 3.8) is 0 Å². The van der Waals surface area contributed by atoms with Crippen molar-refractivity contribution in [2.75, 3.05) is 11.9 Å². The molecule has 1 aromatic heterocycles. The van der Waals surface area contributed by atoms with Crippen LogP contribution >= 0.6 is 0 Å². The van der Waals surface area contributed by atoms with E-state index < -0.39 is 41.0 Å². The molecule has 0 aliphatic rings. The number of nitrogens with one attached hydrogen (secondary N) is 2. The number of amides is 2. The molecule has 5 nitrogen and oxygen atoms in total. The van der Waals surface area contributed by atoms with Gasteiger partial charge in [-0.2, -0.15) is 4.39 Å². The third kappa shape index (κ3) is 3.30. The second kappa shape index (κ2) is 7.34. The Morgan fingerprint density at radius 3 is 2.32 bits per heavy atom. The number of carbonyl (C=O) groups excluding carboxylic acids is 1. The van der Waals surface area contributed by atoms with Gasteiger partial charge in [-0.1, -0.05) is 6.07 Å². The molecule has 0 saturated heterocycles. The number of urea groups is 1. The number of hydrogen-bond acceptors (Lipinski definition) is 2. The fourth-order valence-corrected chi connectivity index (χ4v) is 3.11. The first-order valence-corrected chi connectivity index (χ1v) is 8.21. The number of rotatable bonds is 3. The number of hydrogen-bond donors (Lipinski definition) is 2. The van der Waals surface area contributed by atoms with Gasteiger partial charge in [-0.05, 0) is 37.3 Å². The predicted molar refractivity (Wildman–Crippen MR) is 96.2 cm³/mol. The van der Waals surface area contributed by atoms with E-state index in [2.05, 4.69) is 5.32 Å². The van der Waals surface area contributed by atoms with E-state index in [9.17, 15) is 27.2 Å². The number of anilines is 1. The number of aromatic amines is 1. The number of H-pyrrole nitrogens is 1. The molecule has 3 rings (SSSR count). The highest BCUT2D eigenvalue weighted by molar-refractivity contribution is 5.94. The molecular formula is C19H15F4N3O2. The molecule has 0 fully saturated rings. The summed E-state index contributed by atoms with van der Waals surface area (Å²) >= 11 is 0. The molecule has 3 aromatic rings. The molecule has 1 heterocycles. The zero-order valence-corrected chi connectivity index (χ0v) is 14.8. The molecule has 2 N–H and O–H groups in total. The Labute approximate surface area is 156 Å². The molecule has 28 heavy (non-hydrogen) atoms. The lowest BCUT2D eigenvalue weighted by Crippen LogP contribution is -2.40. The van der Waals surface area contributed by atoms with Crippen molar-refractivity contribution in [2.24, 2.45) is 0 Å². The van der Waals surface area contributed by atoms with E-state index in [1.54, 1.807) is 0 Å². The van der Waals surface area contributed by atoms with E-state index in [4.69, 9.17) is 0 Å². The van der Waals surface area contributed by atoms with Crippen LogP contribution in [0.4, 0.5) is 28.0 Å². The van der Waals surface area contributed by atoms with Crippen molar-refractivity contribution in [3.05, 3.63) is 75.7 Å². The summed E-state index contributed by atoms with van der Waals surface area (Å²) in [6.07, 6.45) is 0. The van der Waals surface area contributed by atoms with Crippen LogP contribution in [0.2, 0.25) is 0 Å². The molecule has 0 saturated carbocycles. The second-order valence-electron chi connectivity index (χ2n) is 6.07. The van der Waals surface area contributed by atoms with Crippen LogP contribution in [0.15, 0.2) is 41.2 Å². The number of aromatic nitrogens is 1. The van der Waals surface area contributed by atoms with Gasteiger partial charge in [0, 0.05) is 23.7 Å². The molecule has 9 heteroatoms. The molecular weight excluding hydrogens is 378 g/mol. The van der Waals surface area contributed by atoms with Gasteiger partial charge in [0.1, 0.15) is 5.82 Å². The number of pyridine rings is 1. The average Bonchev–Trinajstić information content (AvgIpc) is 2.63. The van der Waals surface area contributed by atoms with Crippen molar-refractivity contribution in [1.82, 2.24) is 10.3 Å². The predicted octanol–water partition coefficient (Wildman–Crippen LogP) is 3.99. The maximum atomic E-state index is 14.7. The second-order valence-corrected chi connectivity index (χ2v) is 6.07. The third-order valence-electron chi connectivity index (χ3n) is 4.38. The summed E-state index contributed by atoms with van der Waals surface area (Å²) in [4.78, 5) is 27.4.